The second-order valence-corrected chi connectivity index (χ2v) is 4.55. The lowest BCUT2D eigenvalue weighted by molar-refractivity contribution is -0.140. The van der Waals surface area contributed by atoms with Gasteiger partial charge in [-0.1, -0.05) is 18.2 Å². The fraction of sp³-hybridized carbons (Fsp3) is 0.500. The van der Waals surface area contributed by atoms with Gasteiger partial charge < -0.3 is 9.64 Å². The number of ether oxygens (including phenoxy) is 1. The summed E-state index contributed by atoms with van der Waals surface area (Å²) in [4.78, 5) is 13.5. The van der Waals surface area contributed by atoms with Gasteiger partial charge in [0.25, 0.3) is 0 Å². The maximum absolute atomic E-state index is 11.1. The molecule has 1 saturated heterocycles. The van der Waals surface area contributed by atoms with Crippen molar-refractivity contribution >= 4 is 11.7 Å². The summed E-state index contributed by atoms with van der Waals surface area (Å²) in [5.41, 5.74) is 1.29. The van der Waals surface area contributed by atoms with Gasteiger partial charge in [-0.3, -0.25) is 4.79 Å². The van der Waals surface area contributed by atoms with Gasteiger partial charge in [0.2, 0.25) is 0 Å². The zero-order chi connectivity index (χ0) is 12.1. The molecule has 3 nitrogen and oxygen atoms in total. The summed E-state index contributed by atoms with van der Waals surface area (Å²) >= 11 is 0. The maximum atomic E-state index is 11.1. The van der Waals surface area contributed by atoms with Gasteiger partial charge in [0.1, 0.15) is 0 Å². The van der Waals surface area contributed by atoms with E-state index in [4.69, 9.17) is 0 Å². The van der Waals surface area contributed by atoms with Crippen LogP contribution in [0.5, 0.6) is 0 Å². The normalized spacial score (nSPS) is 19.4. The first-order valence-electron chi connectivity index (χ1n) is 6.16. The molecule has 17 heavy (non-hydrogen) atoms. The highest BCUT2D eigenvalue weighted by Crippen LogP contribution is 2.26. The Morgan fingerprint density at radius 1 is 1.41 bits per heavy atom. The van der Waals surface area contributed by atoms with Gasteiger partial charge in [-0.15, -0.1) is 0 Å². The average Bonchev–Trinajstić information content (AvgIpc) is 2.86. The second kappa shape index (κ2) is 5.71. The number of esters is 1. The van der Waals surface area contributed by atoms with E-state index in [-0.39, 0.29) is 5.97 Å². The van der Waals surface area contributed by atoms with Crippen molar-refractivity contribution in [3.05, 3.63) is 30.3 Å². The highest BCUT2D eigenvalue weighted by atomic mass is 16.5. The molecule has 1 fully saturated rings. The maximum Gasteiger partial charge on any atom is 0.305 e. The lowest BCUT2D eigenvalue weighted by Gasteiger charge is -2.18. The van der Waals surface area contributed by atoms with Gasteiger partial charge in [0.05, 0.1) is 7.11 Å². The molecule has 2 rings (SSSR count). The SMILES string of the molecule is COC(=O)CCC1CCN(c2ccccc2)C1. The highest BCUT2D eigenvalue weighted by Gasteiger charge is 2.23. The van der Waals surface area contributed by atoms with Crippen molar-refractivity contribution in [2.75, 3.05) is 25.1 Å². The van der Waals surface area contributed by atoms with Crippen molar-refractivity contribution in [3.8, 4) is 0 Å². The van der Waals surface area contributed by atoms with E-state index in [1.807, 2.05) is 6.07 Å². The van der Waals surface area contributed by atoms with Crippen LogP contribution in [0.15, 0.2) is 30.3 Å². The van der Waals surface area contributed by atoms with Gasteiger partial charge in [0.15, 0.2) is 0 Å². The molecular formula is C14H19NO2. The molecule has 1 atom stereocenters. The molecule has 0 aliphatic carbocycles. The van der Waals surface area contributed by atoms with Gasteiger partial charge in [-0.2, -0.15) is 0 Å². The lowest BCUT2D eigenvalue weighted by Crippen LogP contribution is -2.19. The zero-order valence-corrected chi connectivity index (χ0v) is 10.3. The van der Waals surface area contributed by atoms with Crippen molar-refractivity contribution in [2.45, 2.75) is 19.3 Å². The first kappa shape index (κ1) is 12.0. The van der Waals surface area contributed by atoms with Gasteiger partial charge in [-0.05, 0) is 30.9 Å². The van der Waals surface area contributed by atoms with Crippen molar-refractivity contribution in [1.82, 2.24) is 0 Å². The predicted octanol–water partition coefficient (Wildman–Crippen LogP) is 2.47. The van der Waals surface area contributed by atoms with Crippen LogP contribution in [-0.4, -0.2) is 26.2 Å². The minimum atomic E-state index is -0.0943. The molecule has 1 aromatic rings. The number of benzene rings is 1. The minimum Gasteiger partial charge on any atom is -0.469 e. The number of methoxy groups -OCH3 is 1. The number of nitrogens with zero attached hydrogens (tertiary/aromatic N) is 1. The third kappa shape index (κ3) is 3.22. The molecule has 0 aromatic heterocycles. The van der Waals surface area contributed by atoms with Crippen LogP contribution in [0, 0.1) is 5.92 Å². The van der Waals surface area contributed by atoms with Gasteiger partial charge in [0, 0.05) is 25.2 Å². The number of hydrogen-bond donors (Lipinski definition) is 0. The van der Waals surface area contributed by atoms with Gasteiger partial charge in [-0.25, -0.2) is 0 Å². The van der Waals surface area contributed by atoms with Crippen molar-refractivity contribution < 1.29 is 9.53 Å². The quantitative estimate of drug-likeness (QED) is 0.748. The number of rotatable bonds is 4. The van der Waals surface area contributed by atoms with Crippen LogP contribution in [0.2, 0.25) is 0 Å². The van der Waals surface area contributed by atoms with Crippen LogP contribution < -0.4 is 4.90 Å². The van der Waals surface area contributed by atoms with Gasteiger partial charge >= 0.3 is 5.97 Å². The molecule has 1 aliphatic rings. The van der Waals surface area contributed by atoms with Crippen LogP contribution in [0.3, 0.4) is 0 Å². The summed E-state index contributed by atoms with van der Waals surface area (Å²) in [6, 6.07) is 10.5. The fourth-order valence-corrected chi connectivity index (χ4v) is 2.37. The zero-order valence-electron chi connectivity index (χ0n) is 10.3. The molecule has 0 spiro atoms. The van der Waals surface area contributed by atoms with E-state index in [0.29, 0.717) is 12.3 Å². The topological polar surface area (TPSA) is 29.5 Å². The van der Waals surface area contributed by atoms with Crippen molar-refractivity contribution in [3.63, 3.8) is 0 Å². The summed E-state index contributed by atoms with van der Waals surface area (Å²) in [5, 5.41) is 0. The van der Waals surface area contributed by atoms with E-state index >= 15 is 0 Å². The number of para-hydroxylation sites is 1. The molecule has 3 heteroatoms. The van der Waals surface area contributed by atoms with E-state index < -0.39 is 0 Å². The summed E-state index contributed by atoms with van der Waals surface area (Å²) in [6.45, 7) is 2.15. The van der Waals surface area contributed by atoms with Crippen molar-refractivity contribution in [1.29, 1.82) is 0 Å². The Morgan fingerprint density at radius 3 is 2.88 bits per heavy atom. The summed E-state index contributed by atoms with van der Waals surface area (Å²) < 4.78 is 4.67. The monoisotopic (exact) mass is 233 g/mol. The Labute approximate surface area is 102 Å². The lowest BCUT2D eigenvalue weighted by atomic mass is 10.0. The third-order valence-electron chi connectivity index (χ3n) is 3.39. The summed E-state index contributed by atoms with van der Waals surface area (Å²) in [5.74, 6) is 0.525. The Morgan fingerprint density at radius 2 is 2.18 bits per heavy atom. The number of carbonyl (C=O) groups is 1. The first-order chi connectivity index (χ1) is 8.29. The first-order valence-corrected chi connectivity index (χ1v) is 6.16. The number of anilines is 1. The predicted molar refractivity (Wildman–Crippen MR) is 68.0 cm³/mol. The highest BCUT2D eigenvalue weighted by molar-refractivity contribution is 5.69. The average molecular weight is 233 g/mol. The van der Waals surface area contributed by atoms with E-state index in [1.165, 1.54) is 19.2 Å². The molecular weight excluding hydrogens is 214 g/mol. The summed E-state index contributed by atoms with van der Waals surface area (Å²) in [7, 11) is 1.45. The van der Waals surface area contributed by atoms with Crippen LogP contribution >= 0.6 is 0 Å². The Balaban J connectivity index is 1.82. The van der Waals surface area contributed by atoms with E-state index in [1.54, 1.807) is 0 Å². The molecule has 0 bridgehead atoms. The van der Waals surface area contributed by atoms with Crippen molar-refractivity contribution in [2.24, 2.45) is 5.92 Å². The molecule has 0 radical (unpaired) electrons. The molecule has 0 amide bonds. The van der Waals surface area contributed by atoms with E-state index in [9.17, 15) is 4.79 Å². The molecule has 92 valence electrons. The fourth-order valence-electron chi connectivity index (χ4n) is 2.37. The van der Waals surface area contributed by atoms with E-state index in [0.717, 1.165) is 19.5 Å². The van der Waals surface area contributed by atoms with Crippen LogP contribution in [0.25, 0.3) is 0 Å². The van der Waals surface area contributed by atoms with Crippen LogP contribution in [0.4, 0.5) is 5.69 Å². The second-order valence-electron chi connectivity index (χ2n) is 4.55. The number of hydrogen-bond acceptors (Lipinski definition) is 3. The third-order valence-corrected chi connectivity index (χ3v) is 3.39. The Hall–Kier alpha value is -1.51. The molecule has 0 N–H and O–H groups in total. The van der Waals surface area contributed by atoms with Crippen LogP contribution in [-0.2, 0) is 9.53 Å². The van der Waals surface area contributed by atoms with Crippen LogP contribution in [0.1, 0.15) is 19.3 Å². The molecule has 1 heterocycles. The minimum absolute atomic E-state index is 0.0943. The smallest absolute Gasteiger partial charge is 0.305 e. The summed E-state index contributed by atoms with van der Waals surface area (Å²) in [6.07, 6.45) is 2.66. The molecule has 1 aliphatic heterocycles. The Bertz CT molecular complexity index is 364. The molecule has 1 unspecified atom stereocenters. The Kier molecular flexibility index (Phi) is 4.02. The molecule has 1 aromatic carbocycles. The van der Waals surface area contributed by atoms with E-state index in [2.05, 4.69) is 33.9 Å². The standard InChI is InChI=1S/C14H19NO2/c1-17-14(16)8-7-12-9-10-15(11-12)13-5-3-2-4-6-13/h2-6,12H,7-11H2,1H3. The largest absolute Gasteiger partial charge is 0.469 e. The molecule has 0 saturated carbocycles. The number of carbonyl (C=O) groups excluding carboxylic acids is 1.